The first-order valence-corrected chi connectivity index (χ1v) is 5.09. The van der Waals surface area contributed by atoms with Crippen molar-refractivity contribution in [1.29, 1.82) is 0 Å². The van der Waals surface area contributed by atoms with Crippen LogP contribution < -0.4 is 5.73 Å². The van der Waals surface area contributed by atoms with Crippen LogP contribution in [0.3, 0.4) is 0 Å². The minimum Gasteiger partial charge on any atom is -0.398 e. The lowest BCUT2D eigenvalue weighted by atomic mass is 10.2. The van der Waals surface area contributed by atoms with Gasteiger partial charge < -0.3 is 5.73 Å². The van der Waals surface area contributed by atoms with Gasteiger partial charge in [-0.2, -0.15) is 0 Å². The van der Waals surface area contributed by atoms with E-state index in [0.29, 0.717) is 5.02 Å². The highest BCUT2D eigenvalue weighted by atomic mass is 35.5. The third-order valence-electron chi connectivity index (χ3n) is 1.24. The molecule has 0 fully saturated rings. The van der Waals surface area contributed by atoms with Crippen molar-refractivity contribution in [2.45, 2.75) is 34.6 Å². The second-order valence-corrected chi connectivity index (χ2v) is 2.44. The Morgan fingerprint density at radius 1 is 1.08 bits per heavy atom. The zero-order valence-electron chi connectivity index (χ0n) is 9.19. The van der Waals surface area contributed by atoms with E-state index in [9.17, 15) is 0 Å². The third kappa shape index (κ3) is 6.47. The molecule has 0 amide bonds. The van der Waals surface area contributed by atoms with Crippen molar-refractivity contribution in [3.8, 4) is 0 Å². The van der Waals surface area contributed by atoms with Crippen LogP contribution in [0.2, 0.25) is 5.02 Å². The van der Waals surface area contributed by atoms with Crippen molar-refractivity contribution < 1.29 is 0 Å². The minimum atomic E-state index is 0.693. The zero-order chi connectivity index (χ0) is 10.9. The molecule has 1 aromatic rings. The molecular weight excluding hydrogens is 182 g/mol. The summed E-state index contributed by atoms with van der Waals surface area (Å²) in [4.78, 5) is 0. The van der Waals surface area contributed by atoms with E-state index in [1.807, 2.05) is 46.8 Å². The number of nitrogen functional groups attached to an aromatic ring is 1. The van der Waals surface area contributed by atoms with E-state index in [2.05, 4.69) is 0 Å². The van der Waals surface area contributed by atoms with Crippen molar-refractivity contribution in [3.63, 3.8) is 0 Å². The summed E-state index contributed by atoms with van der Waals surface area (Å²) < 4.78 is 0. The second kappa shape index (κ2) is 9.40. The van der Waals surface area contributed by atoms with E-state index < -0.39 is 0 Å². The van der Waals surface area contributed by atoms with Crippen LogP contribution in [-0.2, 0) is 0 Å². The molecule has 1 rings (SSSR count). The van der Waals surface area contributed by atoms with Gasteiger partial charge in [0.25, 0.3) is 0 Å². The van der Waals surface area contributed by atoms with Gasteiger partial charge >= 0.3 is 0 Å². The molecule has 0 aliphatic rings. The number of nitrogens with two attached hydrogens (primary N) is 1. The molecule has 0 aromatic heterocycles. The lowest BCUT2D eigenvalue weighted by molar-refractivity contribution is 1.47. The highest BCUT2D eigenvalue weighted by Crippen LogP contribution is 2.16. The van der Waals surface area contributed by atoms with Gasteiger partial charge in [-0.1, -0.05) is 45.4 Å². The van der Waals surface area contributed by atoms with Crippen molar-refractivity contribution in [2.24, 2.45) is 0 Å². The molecule has 0 aliphatic carbocycles. The van der Waals surface area contributed by atoms with Gasteiger partial charge in [0.1, 0.15) is 0 Å². The van der Waals surface area contributed by atoms with E-state index in [-0.39, 0.29) is 0 Å². The summed E-state index contributed by atoms with van der Waals surface area (Å²) in [6.45, 7) is 9.95. The maximum absolute atomic E-state index is 5.64. The number of hydrogen-bond acceptors (Lipinski definition) is 1. The molecule has 1 nitrogen and oxygen atoms in total. The van der Waals surface area contributed by atoms with Gasteiger partial charge in [0.15, 0.2) is 0 Å². The summed E-state index contributed by atoms with van der Waals surface area (Å²) >= 11 is 5.64. The topological polar surface area (TPSA) is 26.0 Å². The van der Waals surface area contributed by atoms with E-state index in [1.165, 1.54) is 0 Å². The summed E-state index contributed by atoms with van der Waals surface area (Å²) in [5, 5.41) is 0.693. The standard InChI is InChI=1S/C7H8ClN.2C2H6/c1-5-2-3-6(8)4-7(5)9;2*1-2/h2-4H,9H2,1H3;2*1-2H3. The Morgan fingerprint density at radius 3 is 1.85 bits per heavy atom. The number of aryl methyl sites for hydroxylation is 1. The Labute approximate surface area is 86.9 Å². The lowest BCUT2D eigenvalue weighted by Gasteiger charge is -1.97. The molecule has 0 saturated carbocycles. The van der Waals surface area contributed by atoms with Crippen LogP contribution in [0.5, 0.6) is 0 Å². The molecular formula is C11H20ClN. The molecule has 1 aromatic carbocycles. The van der Waals surface area contributed by atoms with Crippen molar-refractivity contribution >= 4 is 17.3 Å². The predicted octanol–water partition coefficient (Wildman–Crippen LogP) is 4.28. The molecule has 76 valence electrons. The first kappa shape index (κ1) is 14.8. The fourth-order valence-electron chi connectivity index (χ4n) is 0.611. The van der Waals surface area contributed by atoms with Gasteiger partial charge in [0.2, 0.25) is 0 Å². The number of hydrogen-bond donors (Lipinski definition) is 1. The fraction of sp³-hybridized carbons (Fsp3) is 0.455. The average molecular weight is 202 g/mol. The molecule has 0 atom stereocenters. The molecule has 0 unspecified atom stereocenters. The normalized spacial score (nSPS) is 7.54. The van der Waals surface area contributed by atoms with Gasteiger partial charge in [-0.25, -0.2) is 0 Å². The highest BCUT2D eigenvalue weighted by molar-refractivity contribution is 6.30. The summed E-state index contributed by atoms with van der Waals surface area (Å²) in [7, 11) is 0. The Kier molecular flexibility index (Phi) is 10.7. The van der Waals surface area contributed by atoms with Crippen LogP contribution in [0.25, 0.3) is 0 Å². The summed E-state index contributed by atoms with van der Waals surface area (Å²) in [5.74, 6) is 0. The van der Waals surface area contributed by atoms with E-state index in [4.69, 9.17) is 17.3 Å². The predicted molar refractivity (Wildman–Crippen MR) is 63.3 cm³/mol. The Morgan fingerprint density at radius 2 is 1.54 bits per heavy atom. The number of halogens is 1. The molecule has 2 heteroatoms. The Bertz CT molecular complexity index is 221. The Balaban J connectivity index is 0. The highest BCUT2D eigenvalue weighted by Gasteiger charge is 1.91. The maximum atomic E-state index is 5.64. The van der Waals surface area contributed by atoms with Gasteiger partial charge in [0.05, 0.1) is 0 Å². The van der Waals surface area contributed by atoms with Crippen molar-refractivity contribution in [2.75, 3.05) is 5.73 Å². The van der Waals surface area contributed by atoms with Crippen LogP contribution in [0.15, 0.2) is 18.2 Å². The monoisotopic (exact) mass is 201 g/mol. The van der Waals surface area contributed by atoms with Gasteiger partial charge in [0, 0.05) is 10.7 Å². The van der Waals surface area contributed by atoms with Gasteiger partial charge in [-0.05, 0) is 24.6 Å². The summed E-state index contributed by atoms with van der Waals surface area (Å²) in [6, 6.07) is 5.47. The molecule has 2 N–H and O–H groups in total. The number of anilines is 1. The number of rotatable bonds is 0. The minimum absolute atomic E-state index is 0.693. The average Bonchev–Trinajstić information content (AvgIpc) is 2.18. The lowest BCUT2D eigenvalue weighted by Crippen LogP contribution is -1.87. The molecule has 0 radical (unpaired) electrons. The summed E-state index contributed by atoms with van der Waals surface area (Å²) in [5.41, 5.74) is 7.36. The first-order chi connectivity index (χ1) is 6.20. The van der Waals surface area contributed by atoms with Crippen LogP contribution in [-0.4, -0.2) is 0 Å². The zero-order valence-corrected chi connectivity index (χ0v) is 9.94. The van der Waals surface area contributed by atoms with E-state index in [1.54, 1.807) is 6.07 Å². The fourth-order valence-corrected chi connectivity index (χ4v) is 0.792. The van der Waals surface area contributed by atoms with Crippen LogP contribution in [0, 0.1) is 6.92 Å². The van der Waals surface area contributed by atoms with Gasteiger partial charge in [-0.15, -0.1) is 0 Å². The molecule has 13 heavy (non-hydrogen) atoms. The molecule has 0 saturated heterocycles. The SMILES string of the molecule is CC.CC.Cc1ccc(Cl)cc1N. The quantitative estimate of drug-likeness (QED) is 0.623. The molecule has 0 spiro atoms. The van der Waals surface area contributed by atoms with Crippen LogP contribution >= 0.6 is 11.6 Å². The van der Waals surface area contributed by atoms with E-state index in [0.717, 1.165) is 11.3 Å². The van der Waals surface area contributed by atoms with Crippen molar-refractivity contribution in [3.05, 3.63) is 28.8 Å². The largest absolute Gasteiger partial charge is 0.398 e. The Hall–Kier alpha value is -0.690. The third-order valence-corrected chi connectivity index (χ3v) is 1.48. The number of benzene rings is 1. The van der Waals surface area contributed by atoms with Crippen LogP contribution in [0.1, 0.15) is 33.3 Å². The van der Waals surface area contributed by atoms with E-state index >= 15 is 0 Å². The molecule has 0 bridgehead atoms. The van der Waals surface area contributed by atoms with Crippen LogP contribution in [0.4, 0.5) is 5.69 Å². The van der Waals surface area contributed by atoms with Crippen molar-refractivity contribution in [1.82, 2.24) is 0 Å². The maximum Gasteiger partial charge on any atom is 0.0426 e. The molecule has 0 heterocycles. The molecule has 0 aliphatic heterocycles. The van der Waals surface area contributed by atoms with Gasteiger partial charge in [-0.3, -0.25) is 0 Å². The second-order valence-electron chi connectivity index (χ2n) is 2.00. The smallest absolute Gasteiger partial charge is 0.0426 e. The first-order valence-electron chi connectivity index (χ1n) is 4.72. The summed E-state index contributed by atoms with van der Waals surface area (Å²) in [6.07, 6.45) is 0.